The van der Waals surface area contributed by atoms with E-state index in [1.54, 1.807) is 20.8 Å². The first-order valence-electron chi connectivity index (χ1n) is 7.34. The third kappa shape index (κ3) is 5.69. The summed E-state index contributed by atoms with van der Waals surface area (Å²) >= 11 is 0. The lowest BCUT2D eigenvalue weighted by molar-refractivity contribution is -0.128. The number of nitrogens with one attached hydrogen (secondary N) is 2. The number of hydrogen-bond acceptors (Lipinski definition) is 6. The summed E-state index contributed by atoms with van der Waals surface area (Å²) in [6.07, 6.45) is 0. The second-order valence-corrected chi connectivity index (χ2v) is 6.02. The number of aliphatic hydroxyl groups is 2. The van der Waals surface area contributed by atoms with Crippen molar-refractivity contribution >= 4 is 11.8 Å². The quantitative estimate of drug-likeness (QED) is 0.442. The maximum absolute atomic E-state index is 12.2. The second kappa shape index (κ2) is 8.79. The normalized spacial score (nSPS) is 14.9. The molecule has 4 N–H and O–H groups in total. The van der Waals surface area contributed by atoms with Gasteiger partial charge in [0.25, 0.3) is 0 Å². The third-order valence-electron chi connectivity index (χ3n) is 3.44. The van der Waals surface area contributed by atoms with E-state index >= 15 is 0 Å². The monoisotopic (exact) mass is 316 g/mol. The lowest BCUT2D eigenvalue weighted by Crippen LogP contribution is -2.48. The smallest absolute Gasteiger partial charge is 0.249 e. The van der Waals surface area contributed by atoms with Crippen LogP contribution >= 0.6 is 0 Å². The summed E-state index contributed by atoms with van der Waals surface area (Å²) in [4.78, 5) is 24.2. The molecule has 0 spiro atoms. The molecule has 0 fully saturated rings. The van der Waals surface area contributed by atoms with Crippen molar-refractivity contribution in [3.05, 3.63) is 0 Å². The number of aliphatic hydroxyl groups excluding tert-OH is 2. The van der Waals surface area contributed by atoms with E-state index in [0.29, 0.717) is 0 Å². The Balaban J connectivity index is 5.14. The molecule has 0 radical (unpaired) electrons. The van der Waals surface area contributed by atoms with Gasteiger partial charge in [-0.2, -0.15) is 10.2 Å². The van der Waals surface area contributed by atoms with Crippen molar-refractivity contribution in [2.24, 2.45) is 16.1 Å². The molecule has 22 heavy (non-hydrogen) atoms. The Morgan fingerprint density at radius 1 is 0.955 bits per heavy atom. The summed E-state index contributed by atoms with van der Waals surface area (Å²) in [5.41, 5.74) is -2.29. The van der Waals surface area contributed by atoms with Gasteiger partial charge in [0.2, 0.25) is 11.8 Å². The number of carbonyl (C=O) groups is 2. The summed E-state index contributed by atoms with van der Waals surface area (Å²) < 4.78 is 0. The molecular weight excluding hydrogens is 288 g/mol. The first kappa shape index (κ1) is 20.5. The number of azo groups is 1. The highest BCUT2D eigenvalue weighted by atomic mass is 16.3. The number of nitrogens with zero attached hydrogens (tertiary/aromatic N) is 2. The summed E-state index contributed by atoms with van der Waals surface area (Å²) in [6.45, 7) is 8.40. The maximum atomic E-state index is 12.2. The van der Waals surface area contributed by atoms with Crippen molar-refractivity contribution in [2.45, 2.75) is 45.7 Å². The Morgan fingerprint density at radius 2 is 1.41 bits per heavy atom. The van der Waals surface area contributed by atoms with Gasteiger partial charge in [-0.1, -0.05) is 13.8 Å². The van der Waals surface area contributed by atoms with E-state index in [1.165, 1.54) is 0 Å². The van der Waals surface area contributed by atoms with Crippen LogP contribution in [-0.4, -0.2) is 59.4 Å². The fraction of sp³-hybridized carbons (Fsp3) is 0.857. The van der Waals surface area contributed by atoms with Gasteiger partial charge in [-0.3, -0.25) is 9.59 Å². The van der Waals surface area contributed by atoms with Crippen molar-refractivity contribution in [3.63, 3.8) is 0 Å². The molecule has 8 heteroatoms. The molecule has 0 aliphatic carbocycles. The minimum Gasteiger partial charge on any atom is -0.395 e. The minimum atomic E-state index is -1.15. The Bertz CT molecular complexity index is 410. The van der Waals surface area contributed by atoms with E-state index in [2.05, 4.69) is 20.9 Å². The first-order chi connectivity index (χ1) is 10.1. The summed E-state index contributed by atoms with van der Waals surface area (Å²) in [6, 6.07) is 0. The Morgan fingerprint density at radius 3 is 1.82 bits per heavy atom. The number of amides is 2. The molecule has 0 saturated heterocycles. The van der Waals surface area contributed by atoms with Crippen molar-refractivity contribution in [2.75, 3.05) is 26.3 Å². The van der Waals surface area contributed by atoms with Gasteiger partial charge >= 0.3 is 0 Å². The first-order valence-corrected chi connectivity index (χ1v) is 7.34. The predicted octanol–water partition coefficient (Wildman–Crippen LogP) is -0.151. The van der Waals surface area contributed by atoms with Gasteiger partial charge < -0.3 is 20.8 Å². The highest BCUT2D eigenvalue weighted by Crippen LogP contribution is 2.24. The van der Waals surface area contributed by atoms with Gasteiger partial charge in [-0.05, 0) is 26.7 Å². The summed E-state index contributed by atoms with van der Waals surface area (Å²) in [7, 11) is 0. The van der Waals surface area contributed by atoms with Crippen LogP contribution < -0.4 is 10.6 Å². The van der Waals surface area contributed by atoms with Crippen LogP contribution in [-0.2, 0) is 9.59 Å². The Labute approximate surface area is 131 Å². The molecule has 128 valence electrons. The fourth-order valence-electron chi connectivity index (χ4n) is 1.43. The van der Waals surface area contributed by atoms with Crippen LogP contribution in [0.1, 0.15) is 34.6 Å². The van der Waals surface area contributed by atoms with Crippen LogP contribution in [0.15, 0.2) is 10.2 Å². The van der Waals surface area contributed by atoms with Gasteiger partial charge in [0.15, 0.2) is 11.1 Å². The van der Waals surface area contributed by atoms with Gasteiger partial charge in [0, 0.05) is 13.1 Å². The SMILES string of the molecule is CC(C)C(C)(N=NC(C)(C)C(=O)NCCO)C(=O)NCCO. The molecule has 0 bridgehead atoms. The molecule has 0 rings (SSSR count). The van der Waals surface area contributed by atoms with Crippen molar-refractivity contribution < 1.29 is 19.8 Å². The Hall–Kier alpha value is -1.54. The largest absolute Gasteiger partial charge is 0.395 e. The topological polar surface area (TPSA) is 123 Å². The highest BCUT2D eigenvalue weighted by molar-refractivity contribution is 5.87. The van der Waals surface area contributed by atoms with Crippen LogP contribution in [0.5, 0.6) is 0 Å². The van der Waals surface area contributed by atoms with E-state index in [-0.39, 0.29) is 44.0 Å². The van der Waals surface area contributed by atoms with E-state index < -0.39 is 11.1 Å². The standard InChI is InChI=1S/C14H28N4O4/c1-10(2)14(5,12(22)16-7-9-20)18-17-13(3,4)11(21)15-6-8-19/h10,19-20H,6-9H2,1-5H3,(H,15,21)(H,16,22). The molecular formula is C14H28N4O4. The van der Waals surface area contributed by atoms with E-state index in [0.717, 1.165) is 0 Å². The zero-order valence-corrected chi connectivity index (χ0v) is 14.0. The molecule has 0 aromatic rings. The van der Waals surface area contributed by atoms with Gasteiger partial charge in [0.05, 0.1) is 13.2 Å². The molecule has 0 aliphatic rings. The molecule has 0 aliphatic heterocycles. The molecule has 2 amide bonds. The average Bonchev–Trinajstić information content (AvgIpc) is 2.47. The van der Waals surface area contributed by atoms with Crippen LogP contribution in [0, 0.1) is 5.92 Å². The lowest BCUT2D eigenvalue weighted by atomic mass is 9.88. The third-order valence-corrected chi connectivity index (χ3v) is 3.44. The molecule has 0 aromatic heterocycles. The van der Waals surface area contributed by atoms with Gasteiger partial charge in [0.1, 0.15) is 0 Å². The van der Waals surface area contributed by atoms with Gasteiger partial charge in [-0.15, -0.1) is 0 Å². The Kier molecular flexibility index (Phi) is 8.18. The molecule has 1 atom stereocenters. The van der Waals surface area contributed by atoms with Crippen LogP contribution in [0.2, 0.25) is 0 Å². The average molecular weight is 316 g/mol. The van der Waals surface area contributed by atoms with Crippen molar-refractivity contribution in [3.8, 4) is 0 Å². The van der Waals surface area contributed by atoms with E-state index in [9.17, 15) is 9.59 Å². The van der Waals surface area contributed by atoms with Crippen LogP contribution in [0.3, 0.4) is 0 Å². The maximum Gasteiger partial charge on any atom is 0.249 e. The van der Waals surface area contributed by atoms with Crippen LogP contribution in [0.4, 0.5) is 0 Å². The van der Waals surface area contributed by atoms with Gasteiger partial charge in [-0.25, -0.2) is 0 Å². The van der Waals surface area contributed by atoms with Crippen molar-refractivity contribution in [1.29, 1.82) is 0 Å². The molecule has 0 aromatic carbocycles. The summed E-state index contributed by atoms with van der Waals surface area (Å²) in [5, 5.41) is 30.8. The lowest BCUT2D eigenvalue weighted by Gasteiger charge is -2.28. The number of rotatable bonds is 9. The van der Waals surface area contributed by atoms with E-state index in [1.807, 2.05) is 13.8 Å². The zero-order valence-electron chi connectivity index (χ0n) is 14.0. The van der Waals surface area contributed by atoms with Crippen molar-refractivity contribution in [1.82, 2.24) is 10.6 Å². The molecule has 0 saturated carbocycles. The predicted molar refractivity (Wildman–Crippen MR) is 82.4 cm³/mol. The summed E-state index contributed by atoms with van der Waals surface area (Å²) in [5.74, 6) is -0.884. The highest BCUT2D eigenvalue weighted by Gasteiger charge is 2.38. The number of carbonyl (C=O) groups excluding carboxylic acids is 2. The molecule has 8 nitrogen and oxygen atoms in total. The minimum absolute atomic E-state index is 0.135. The molecule has 1 unspecified atom stereocenters. The fourth-order valence-corrected chi connectivity index (χ4v) is 1.43. The number of hydrogen-bond donors (Lipinski definition) is 4. The molecule has 0 heterocycles. The van der Waals surface area contributed by atoms with Crippen LogP contribution in [0.25, 0.3) is 0 Å². The zero-order chi connectivity index (χ0) is 17.4. The van der Waals surface area contributed by atoms with E-state index in [4.69, 9.17) is 10.2 Å². The second-order valence-electron chi connectivity index (χ2n) is 6.02.